The predicted molar refractivity (Wildman–Crippen MR) is 66.7 cm³/mol. The smallest absolute Gasteiger partial charge is 0.149 e. The molecule has 2 atom stereocenters. The van der Waals surface area contributed by atoms with Gasteiger partial charge in [0.05, 0.1) is 6.04 Å². The van der Waals surface area contributed by atoms with Crippen LogP contribution < -0.4 is 5.32 Å². The quantitative estimate of drug-likeness (QED) is 0.834. The van der Waals surface area contributed by atoms with Gasteiger partial charge in [-0.2, -0.15) is 0 Å². The van der Waals surface area contributed by atoms with Crippen LogP contribution in [0, 0.1) is 0 Å². The van der Waals surface area contributed by atoms with Gasteiger partial charge in [-0.1, -0.05) is 25.2 Å². The van der Waals surface area contributed by atoms with Crippen molar-refractivity contribution in [1.82, 2.24) is 15.5 Å². The van der Waals surface area contributed by atoms with Crippen molar-refractivity contribution < 1.29 is 4.74 Å². The molecule has 0 saturated carbocycles. The molecule has 1 N–H and O–H groups in total. The molecule has 0 aliphatic rings. The summed E-state index contributed by atoms with van der Waals surface area (Å²) in [7, 11) is 3.67. The van der Waals surface area contributed by atoms with Crippen LogP contribution in [0.2, 0.25) is 0 Å². The molecule has 1 aromatic rings. The van der Waals surface area contributed by atoms with Gasteiger partial charge in [0.25, 0.3) is 0 Å². The summed E-state index contributed by atoms with van der Waals surface area (Å²) in [5, 5.41) is 13.7. The first kappa shape index (κ1) is 13.5. The SMILES string of the molecule is CCC(NC)c1nnc(C(C)(CC)OC)s1. The number of aromatic nitrogens is 2. The average molecular weight is 243 g/mol. The zero-order chi connectivity index (χ0) is 12.2. The molecule has 5 heteroatoms. The summed E-state index contributed by atoms with van der Waals surface area (Å²) in [5.41, 5.74) is -0.304. The van der Waals surface area contributed by atoms with Crippen LogP contribution in [-0.2, 0) is 10.3 Å². The lowest BCUT2D eigenvalue weighted by Gasteiger charge is -2.22. The van der Waals surface area contributed by atoms with E-state index in [9.17, 15) is 0 Å². The van der Waals surface area contributed by atoms with Crippen LogP contribution in [-0.4, -0.2) is 24.4 Å². The number of ether oxygens (including phenoxy) is 1. The van der Waals surface area contributed by atoms with E-state index < -0.39 is 0 Å². The van der Waals surface area contributed by atoms with E-state index in [2.05, 4.69) is 36.3 Å². The lowest BCUT2D eigenvalue weighted by Crippen LogP contribution is -2.22. The summed E-state index contributed by atoms with van der Waals surface area (Å²) in [6.07, 6.45) is 1.91. The third-order valence-electron chi connectivity index (χ3n) is 3.07. The number of nitrogens with one attached hydrogen (secondary N) is 1. The highest BCUT2D eigenvalue weighted by atomic mass is 32.1. The highest BCUT2D eigenvalue weighted by molar-refractivity contribution is 7.11. The van der Waals surface area contributed by atoms with Gasteiger partial charge < -0.3 is 10.1 Å². The third kappa shape index (κ3) is 2.59. The topological polar surface area (TPSA) is 47.0 Å². The second-order valence-electron chi connectivity index (χ2n) is 3.98. The van der Waals surface area contributed by atoms with E-state index in [1.807, 2.05) is 7.05 Å². The first-order valence-electron chi connectivity index (χ1n) is 5.67. The van der Waals surface area contributed by atoms with E-state index in [-0.39, 0.29) is 5.60 Å². The van der Waals surface area contributed by atoms with E-state index in [1.54, 1.807) is 18.4 Å². The average Bonchev–Trinajstić information content (AvgIpc) is 2.80. The van der Waals surface area contributed by atoms with Gasteiger partial charge in [-0.25, -0.2) is 0 Å². The minimum Gasteiger partial charge on any atom is -0.371 e. The molecule has 1 heterocycles. The van der Waals surface area contributed by atoms with Crippen LogP contribution >= 0.6 is 11.3 Å². The highest BCUT2D eigenvalue weighted by Gasteiger charge is 2.29. The Hall–Kier alpha value is -0.520. The molecule has 1 aromatic heterocycles. The van der Waals surface area contributed by atoms with Gasteiger partial charge in [-0.3, -0.25) is 0 Å². The van der Waals surface area contributed by atoms with Crippen molar-refractivity contribution in [2.24, 2.45) is 0 Å². The van der Waals surface area contributed by atoms with E-state index in [4.69, 9.17) is 4.74 Å². The van der Waals surface area contributed by atoms with Crippen molar-refractivity contribution in [3.05, 3.63) is 10.0 Å². The number of methoxy groups -OCH3 is 1. The van der Waals surface area contributed by atoms with Gasteiger partial charge in [-0.05, 0) is 26.8 Å². The van der Waals surface area contributed by atoms with E-state index in [1.165, 1.54) is 0 Å². The Kier molecular flexibility index (Phi) is 4.83. The molecule has 0 amide bonds. The Bertz CT molecular complexity index is 319. The first-order valence-corrected chi connectivity index (χ1v) is 6.49. The summed E-state index contributed by atoms with van der Waals surface area (Å²) in [5.74, 6) is 0. The number of hydrogen-bond donors (Lipinski definition) is 1. The Labute approximate surface area is 101 Å². The summed E-state index contributed by atoms with van der Waals surface area (Å²) < 4.78 is 5.52. The first-order chi connectivity index (χ1) is 7.61. The Balaban J connectivity index is 2.93. The van der Waals surface area contributed by atoms with Crippen LogP contribution in [0.25, 0.3) is 0 Å². The second-order valence-corrected chi connectivity index (χ2v) is 4.99. The third-order valence-corrected chi connectivity index (χ3v) is 4.36. The van der Waals surface area contributed by atoms with Gasteiger partial charge in [0.15, 0.2) is 0 Å². The summed E-state index contributed by atoms with van der Waals surface area (Å²) >= 11 is 1.64. The molecule has 0 aliphatic heterocycles. The minimum atomic E-state index is -0.304. The van der Waals surface area contributed by atoms with Crippen molar-refractivity contribution in [3.8, 4) is 0 Å². The lowest BCUT2D eigenvalue weighted by molar-refractivity contribution is -0.00207. The Morgan fingerprint density at radius 3 is 2.56 bits per heavy atom. The molecule has 0 aromatic carbocycles. The van der Waals surface area contributed by atoms with Crippen molar-refractivity contribution in [2.75, 3.05) is 14.2 Å². The van der Waals surface area contributed by atoms with Crippen LogP contribution in [0.3, 0.4) is 0 Å². The number of hydrogen-bond acceptors (Lipinski definition) is 5. The zero-order valence-electron chi connectivity index (χ0n) is 10.7. The fourth-order valence-electron chi connectivity index (χ4n) is 1.47. The van der Waals surface area contributed by atoms with Crippen molar-refractivity contribution >= 4 is 11.3 Å². The molecule has 0 bridgehead atoms. The number of rotatable bonds is 6. The molecule has 2 unspecified atom stereocenters. The second kappa shape index (κ2) is 5.70. The van der Waals surface area contributed by atoms with Gasteiger partial charge in [0.2, 0.25) is 0 Å². The van der Waals surface area contributed by atoms with E-state index >= 15 is 0 Å². The monoisotopic (exact) mass is 243 g/mol. The van der Waals surface area contributed by atoms with Crippen LogP contribution in [0.5, 0.6) is 0 Å². The molecule has 0 saturated heterocycles. The van der Waals surface area contributed by atoms with Gasteiger partial charge in [0.1, 0.15) is 15.6 Å². The molecule has 1 rings (SSSR count). The molecule has 92 valence electrons. The maximum absolute atomic E-state index is 5.52. The number of nitrogens with zero attached hydrogens (tertiary/aromatic N) is 2. The van der Waals surface area contributed by atoms with Crippen molar-refractivity contribution in [1.29, 1.82) is 0 Å². The van der Waals surface area contributed by atoms with Gasteiger partial charge in [-0.15, -0.1) is 10.2 Å². The maximum Gasteiger partial charge on any atom is 0.149 e. The van der Waals surface area contributed by atoms with Crippen LogP contribution in [0.1, 0.15) is 49.7 Å². The lowest BCUT2D eigenvalue weighted by atomic mass is 10.1. The van der Waals surface area contributed by atoms with E-state index in [0.29, 0.717) is 6.04 Å². The normalized spacial score (nSPS) is 17.1. The standard InChI is InChI=1S/C11H21N3OS/c1-6-8(12-4)9-13-14-10(16-9)11(3,7-2)15-5/h8,12H,6-7H2,1-5H3. The zero-order valence-corrected chi connectivity index (χ0v) is 11.5. The minimum absolute atomic E-state index is 0.296. The van der Waals surface area contributed by atoms with Crippen LogP contribution in [0.4, 0.5) is 0 Å². The summed E-state index contributed by atoms with van der Waals surface area (Å²) in [6.45, 7) is 6.29. The van der Waals surface area contributed by atoms with E-state index in [0.717, 1.165) is 22.9 Å². The fraction of sp³-hybridized carbons (Fsp3) is 0.818. The summed E-state index contributed by atoms with van der Waals surface area (Å²) in [6, 6.07) is 0.296. The largest absolute Gasteiger partial charge is 0.371 e. The molecule has 4 nitrogen and oxygen atoms in total. The van der Waals surface area contributed by atoms with Crippen molar-refractivity contribution in [2.45, 2.75) is 45.3 Å². The van der Waals surface area contributed by atoms with Crippen molar-refractivity contribution in [3.63, 3.8) is 0 Å². The Morgan fingerprint density at radius 2 is 2.12 bits per heavy atom. The predicted octanol–water partition coefficient (Wildman–Crippen LogP) is 2.48. The summed E-state index contributed by atoms with van der Waals surface area (Å²) in [4.78, 5) is 0. The van der Waals surface area contributed by atoms with Gasteiger partial charge in [0, 0.05) is 7.11 Å². The molecule has 0 spiro atoms. The Morgan fingerprint density at radius 1 is 1.44 bits per heavy atom. The molecule has 0 radical (unpaired) electrons. The maximum atomic E-state index is 5.52. The van der Waals surface area contributed by atoms with Gasteiger partial charge >= 0.3 is 0 Å². The molecule has 0 fully saturated rings. The van der Waals surface area contributed by atoms with Crippen LogP contribution in [0.15, 0.2) is 0 Å². The molecule has 16 heavy (non-hydrogen) atoms. The molecular formula is C11H21N3OS. The highest BCUT2D eigenvalue weighted by Crippen LogP contribution is 2.32. The molecular weight excluding hydrogens is 222 g/mol. The fourth-order valence-corrected chi connectivity index (χ4v) is 2.71. The molecule has 0 aliphatic carbocycles.